The number of nitrogens with one attached hydrogen (secondary N) is 1. The van der Waals surface area contributed by atoms with E-state index in [0.29, 0.717) is 12.1 Å². The predicted molar refractivity (Wildman–Crippen MR) is 69.7 cm³/mol. The van der Waals surface area contributed by atoms with E-state index in [4.69, 9.17) is 0 Å². The number of hydrogen-bond donors (Lipinski definition) is 1. The van der Waals surface area contributed by atoms with Gasteiger partial charge >= 0.3 is 0 Å². The van der Waals surface area contributed by atoms with Crippen LogP contribution in [0.25, 0.3) is 0 Å². The van der Waals surface area contributed by atoms with Crippen LogP contribution < -0.4 is 5.32 Å². The molecule has 1 aliphatic carbocycles. The fraction of sp³-hybridized carbons (Fsp3) is 0.929. The standard InChI is InChI=1S/C14H25N3/c1-3-13-6-4-5-9-17(13)11-14(2,10-15)16-12-7-8-12/h12-13,16H,3-9,11H2,1-2H3. The van der Waals surface area contributed by atoms with Crippen LogP contribution >= 0.6 is 0 Å². The molecule has 17 heavy (non-hydrogen) atoms. The van der Waals surface area contributed by atoms with E-state index in [2.05, 4.69) is 30.1 Å². The Bertz CT molecular complexity index is 292. The number of hydrogen-bond acceptors (Lipinski definition) is 3. The van der Waals surface area contributed by atoms with E-state index in [1.54, 1.807) is 0 Å². The molecule has 0 amide bonds. The number of nitrogens with zero attached hydrogens (tertiary/aromatic N) is 2. The minimum absolute atomic E-state index is 0.355. The smallest absolute Gasteiger partial charge is 0.116 e. The second-order valence-corrected chi connectivity index (χ2v) is 5.89. The highest BCUT2D eigenvalue weighted by Gasteiger charge is 2.35. The summed E-state index contributed by atoms with van der Waals surface area (Å²) in [6.45, 7) is 6.38. The van der Waals surface area contributed by atoms with Crippen molar-refractivity contribution in [2.45, 2.75) is 70.0 Å². The van der Waals surface area contributed by atoms with Crippen LogP contribution in [0.1, 0.15) is 52.4 Å². The van der Waals surface area contributed by atoms with Crippen molar-refractivity contribution in [3.8, 4) is 6.07 Å². The van der Waals surface area contributed by atoms with Crippen molar-refractivity contribution in [2.75, 3.05) is 13.1 Å². The quantitative estimate of drug-likeness (QED) is 0.794. The van der Waals surface area contributed by atoms with Crippen LogP contribution in [-0.2, 0) is 0 Å². The molecule has 1 saturated heterocycles. The highest BCUT2D eigenvalue weighted by atomic mass is 15.2. The Balaban J connectivity index is 1.93. The summed E-state index contributed by atoms with van der Waals surface area (Å²) in [4.78, 5) is 2.53. The Labute approximate surface area is 105 Å². The lowest BCUT2D eigenvalue weighted by atomic mass is 9.96. The van der Waals surface area contributed by atoms with Gasteiger partial charge in [-0.15, -0.1) is 0 Å². The van der Waals surface area contributed by atoms with Gasteiger partial charge in [-0.1, -0.05) is 13.3 Å². The average molecular weight is 235 g/mol. The molecular weight excluding hydrogens is 210 g/mol. The Morgan fingerprint density at radius 1 is 1.35 bits per heavy atom. The minimum Gasteiger partial charge on any atom is -0.298 e. The third kappa shape index (κ3) is 3.43. The molecule has 0 aromatic heterocycles. The first kappa shape index (κ1) is 12.9. The SMILES string of the molecule is CCC1CCCCN1CC(C)(C#N)NC1CC1. The lowest BCUT2D eigenvalue weighted by Crippen LogP contribution is -2.54. The molecule has 2 fully saturated rings. The molecule has 2 unspecified atom stereocenters. The molecule has 2 atom stereocenters. The second kappa shape index (κ2) is 5.37. The van der Waals surface area contributed by atoms with E-state index >= 15 is 0 Å². The summed E-state index contributed by atoms with van der Waals surface area (Å²) in [5, 5.41) is 12.9. The van der Waals surface area contributed by atoms with Crippen molar-refractivity contribution in [3.63, 3.8) is 0 Å². The lowest BCUT2D eigenvalue weighted by molar-refractivity contribution is 0.117. The molecule has 1 N–H and O–H groups in total. The van der Waals surface area contributed by atoms with Crippen LogP contribution in [0.3, 0.4) is 0 Å². The number of rotatable bonds is 5. The third-order valence-electron chi connectivity index (χ3n) is 4.09. The van der Waals surface area contributed by atoms with Crippen LogP contribution in [0.2, 0.25) is 0 Å². The van der Waals surface area contributed by atoms with Crippen LogP contribution in [0.5, 0.6) is 0 Å². The van der Waals surface area contributed by atoms with E-state index in [0.717, 1.165) is 6.54 Å². The molecule has 0 aromatic rings. The van der Waals surface area contributed by atoms with Crippen molar-refractivity contribution < 1.29 is 0 Å². The molecule has 0 radical (unpaired) electrons. The fourth-order valence-corrected chi connectivity index (χ4v) is 2.93. The highest BCUT2D eigenvalue weighted by molar-refractivity contribution is 5.09. The zero-order valence-electron chi connectivity index (χ0n) is 11.2. The van der Waals surface area contributed by atoms with Gasteiger partial charge in [0.2, 0.25) is 0 Å². The first-order valence-corrected chi connectivity index (χ1v) is 7.10. The Morgan fingerprint density at radius 3 is 2.71 bits per heavy atom. The summed E-state index contributed by atoms with van der Waals surface area (Å²) in [5.74, 6) is 0. The molecule has 96 valence electrons. The summed E-state index contributed by atoms with van der Waals surface area (Å²) < 4.78 is 0. The predicted octanol–water partition coefficient (Wildman–Crippen LogP) is 2.29. The number of piperidine rings is 1. The van der Waals surface area contributed by atoms with E-state index in [9.17, 15) is 5.26 Å². The van der Waals surface area contributed by atoms with Crippen molar-refractivity contribution in [1.29, 1.82) is 5.26 Å². The molecular formula is C14H25N3. The van der Waals surface area contributed by atoms with E-state index in [1.165, 1.54) is 45.1 Å². The normalized spacial score (nSPS) is 29.6. The van der Waals surface area contributed by atoms with Crippen molar-refractivity contribution in [1.82, 2.24) is 10.2 Å². The average Bonchev–Trinajstić information content (AvgIpc) is 3.13. The van der Waals surface area contributed by atoms with Gasteiger partial charge in [-0.25, -0.2) is 0 Å². The number of likely N-dealkylation sites (tertiary alicyclic amines) is 1. The third-order valence-corrected chi connectivity index (χ3v) is 4.09. The molecule has 1 heterocycles. The molecule has 1 saturated carbocycles. The molecule has 1 aliphatic heterocycles. The van der Waals surface area contributed by atoms with E-state index in [1.807, 2.05) is 0 Å². The largest absolute Gasteiger partial charge is 0.298 e. The van der Waals surface area contributed by atoms with Gasteiger partial charge in [0.05, 0.1) is 6.07 Å². The Morgan fingerprint density at radius 2 is 2.12 bits per heavy atom. The van der Waals surface area contributed by atoms with Crippen LogP contribution in [0.15, 0.2) is 0 Å². The lowest BCUT2D eigenvalue weighted by Gasteiger charge is -2.39. The van der Waals surface area contributed by atoms with Gasteiger partial charge in [0.25, 0.3) is 0 Å². The van der Waals surface area contributed by atoms with Crippen molar-refractivity contribution in [3.05, 3.63) is 0 Å². The maximum Gasteiger partial charge on any atom is 0.116 e. The van der Waals surface area contributed by atoms with Crippen molar-refractivity contribution in [2.24, 2.45) is 0 Å². The van der Waals surface area contributed by atoms with E-state index < -0.39 is 0 Å². The molecule has 2 aliphatic rings. The maximum atomic E-state index is 9.41. The van der Waals surface area contributed by atoms with E-state index in [-0.39, 0.29) is 5.54 Å². The molecule has 0 spiro atoms. The summed E-state index contributed by atoms with van der Waals surface area (Å²) in [6, 6.07) is 3.78. The molecule has 3 nitrogen and oxygen atoms in total. The first-order valence-electron chi connectivity index (χ1n) is 7.10. The molecule has 3 heteroatoms. The van der Waals surface area contributed by atoms with Crippen LogP contribution in [0, 0.1) is 11.3 Å². The zero-order chi connectivity index (χ0) is 12.3. The van der Waals surface area contributed by atoms with Gasteiger partial charge in [-0.2, -0.15) is 5.26 Å². The summed E-state index contributed by atoms with van der Waals surface area (Å²) in [6.07, 6.45) is 7.66. The van der Waals surface area contributed by atoms with Crippen molar-refractivity contribution >= 4 is 0 Å². The van der Waals surface area contributed by atoms with Gasteiger partial charge in [0, 0.05) is 18.6 Å². The van der Waals surface area contributed by atoms with Gasteiger partial charge < -0.3 is 0 Å². The zero-order valence-corrected chi connectivity index (χ0v) is 11.2. The second-order valence-electron chi connectivity index (χ2n) is 5.89. The summed E-state index contributed by atoms with van der Waals surface area (Å²) >= 11 is 0. The number of nitriles is 1. The summed E-state index contributed by atoms with van der Waals surface area (Å²) in [7, 11) is 0. The van der Waals surface area contributed by atoms with Gasteiger partial charge in [0.1, 0.15) is 5.54 Å². The van der Waals surface area contributed by atoms with Gasteiger partial charge in [0.15, 0.2) is 0 Å². The molecule has 0 bridgehead atoms. The fourth-order valence-electron chi connectivity index (χ4n) is 2.93. The highest BCUT2D eigenvalue weighted by Crippen LogP contribution is 2.25. The van der Waals surface area contributed by atoms with Gasteiger partial charge in [-0.3, -0.25) is 10.2 Å². The monoisotopic (exact) mass is 235 g/mol. The van der Waals surface area contributed by atoms with Gasteiger partial charge in [-0.05, 0) is 45.6 Å². The van der Waals surface area contributed by atoms with Crippen LogP contribution in [-0.4, -0.2) is 35.6 Å². The first-order chi connectivity index (χ1) is 8.17. The minimum atomic E-state index is -0.355. The molecule has 2 rings (SSSR count). The molecule has 0 aromatic carbocycles. The topological polar surface area (TPSA) is 39.1 Å². The Hall–Kier alpha value is -0.590. The summed E-state index contributed by atoms with van der Waals surface area (Å²) in [5.41, 5.74) is -0.355. The van der Waals surface area contributed by atoms with Crippen LogP contribution in [0.4, 0.5) is 0 Å². The Kier molecular flexibility index (Phi) is 4.06. The maximum absolute atomic E-state index is 9.41.